The highest BCUT2D eigenvalue weighted by Gasteiger charge is 2.41. The number of nitrogens with zero attached hydrogens (tertiary/aromatic N) is 1. The van der Waals surface area contributed by atoms with E-state index in [1.165, 1.54) is 0 Å². The molecule has 0 aliphatic carbocycles. The van der Waals surface area contributed by atoms with Gasteiger partial charge in [-0.05, 0) is 42.5 Å². The lowest BCUT2D eigenvalue weighted by Crippen LogP contribution is -2.46. The minimum atomic E-state index is -4.81. The number of fused-ring (bicyclic) bond motifs is 1. The molecule has 3 rings (SSSR count). The Labute approximate surface area is 236 Å². The number of alkyl halides is 6. The summed E-state index contributed by atoms with van der Waals surface area (Å²) in [6.45, 7) is 1.87. The summed E-state index contributed by atoms with van der Waals surface area (Å²) in [6, 6.07) is 11.8. The summed E-state index contributed by atoms with van der Waals surface area (Å²) in [7, 11) is 0. The molecule has 0 saturated carbocycles. The molecular formula is C28H27ClF6N2O4. The predicted octanol–water partition coefficient (Wildman–Crippen LogP) is 6.31. The summed E-state index contributed by atoms with van der Waals surface area (Å²) >= 11 is 6.16. The number of hydrogen-bond acceptors (Lipinski definition) is 4. The van der Waals surface area contributed by atoms with Gasteiger partial charge in [-0.25, -0.2) is 0 Å². The molecule has 1 unspecified atom stereocenters. The number of nitrogens with one attached hydrogen (secondary N) is 1. The van der Waals surface area contributed by atoms with Crippen molar-refractivity contribution >= 4 is 35.0 Å². The van der Waals surface area contributed by atoms with Gasteiger partial charge in [0.1, 0.15) is 0 Å². The third kappa shape index (κ3) is 8.79. The number of carbonyl (C=O) groups is 3. The van der Waals surface area contributed by atoms with Crippen molar-refractivity contribution in [2.75, 3.05) is 0 Å². The first kappa shape index (κ1) is 32.1. The van der Waals surface area contributed by atoms with Crippen LogP contribution < -0.4 is 5.32 Å². The standard InChI is InChI=1S/C28H27ClF6N2O4/c1-2-15-5-4-8-18-21(15)14-22(38)24(36-23(18)16-6-3-7-17(29)13-16)37-25(39)19(9-11-27(30,31)32)20(26(40)41)10-12-28(33,34)35/h3-8,13,19-20,24H,2,9-12,14H2,1H3,(H,37,39)(H,40,41)/t19-,20+,24?/m1/s1. The van der Waals surface area contributed by atoms with Crippen LogP contribution in [0.5, 0.6) is 0 Å². The number of Topliss-reactive ketones (excluding diaryl/α,β-unsaturated/α-hetero) is 1. The number of carbonyl (C=O) groups excluding carboxylic acids is 2. The molecular weight excluding hydrogens is 578 g/mol. The number of benzene rings is 2. The van der Waals surface area contributed by atoms with Crippen LogP contribution in [0.15, 0.2) is 47.5 Å². The van der Waals surface area contributed by atoms with Crippen LogP contribution in [0, 0.1) is 11.8 Å². The highest BCUT2D eigenvalue weighted by molar-refractivity contribution is 6.31. The Bertz CT molecular complexity index is 1330. The van der Waals surface area contributed by atoms with Crippen LogP contribution in [-0.4, -0.2) is 47.0 Å². The maximum Gasteiger partial charge on any atom is 0.389 e. The fourth-order valence-corrected chi connectivity index (χ4v) is 5.00. The first-order valence-corrected chi connectivity index (χ1v) is 13.1. The van der Waals surface area contributed by atoms with E-state index in [1.807, 2.05) is 13.0 Å². The third-order valence-electron chi connectivity index (χ3n) is 6.82. The molecule has 0 saturated heterocycles. The van der Waals surface area contributed by atoms with Gasteiger partial charge in [0.15, 0.2) is 11.9 Å². The molecule has 0 bridgehead atoms. The zero-order chi connectivity index (χ0) is 30.5. The number of carboxylic acids is 1. The first-order chi connectivity index (χ1) is 19.1. The van der Waals surface area contributed by atoms with Crippen LogP contribution in [0.25, 0.3) is 0 Å². The summed E-state index contributed by atoms with van der Waals surface area (Å²) in [5.74, 6) is -7.88. The summed E-state index contributed by atoms with van der Waals surface area (Å²) in [4.78, 5) is 42.9. The largest absolute Gasteiger partial charge is 0.481 e. The van der Waals surface area contributed by atoms with Gasteiger partial charge in [-0.1, -0.05) is 48.9 Å². The van der Waals surface area contributed by atoms with Gasteiger partial charge in [0, 0.05) is 35.4 Å². The molecule has 1 amide bonds. The molecule has 2 aromatic carbocycles. The van der Waals surface area contributed by atoms with E-state index >= 15 is 0 Å². The maximum atomic E-state index is 13.3. The number of rotatable bonds is 10. The average Bonchev–Trinajstić information content (AvgIpc) is 3.00. The second-order valence-electron chi connectivity index (χ2n) is 9.70. The van der Waals surface area contributed by atoms with Crippen molar-refractivity contribution in [1.29, 1.82) is 0 Å². The molecule has 1 aliphatic rings. The minimum absolute atomic E-state index is 0.207. The molecule has 6 nitrogen and oxygen atoms in total. The molecule has 0 spiro atoms. The molecule has 3 atom stereocenters. The van der Waals surface area contributed by atoms with Gasteiger partial charge in [-0.3, -0.25) is 19.4 Å². The van der Waals surface area contributed by atoms with Gasteiger partial charge in [0.2, 0.25) is 5.91 Å². The molecule has 2 aromatic rings. The second-order valence-corrected chi connectivity index (χ2v) is 10.1. The van der Waals surface area contributed by atoms with E-state index in [1.54, 1.807) is 36.4 Å². The number of carboxylic acid groups (broad SMARTS) is 1. The lowest BCUT2D eigenvalue weighted by molar-refractivity contribution is -0.159. The highest BCUT2D eigenvalue weighted by atomic mass is 35.5. The smallest absolute Gasteiger partial charge is 0.389 e. The topological polar surface area (TPSA) is 95.8 Å². The summed E-state index contributed by atoms with van der Waals surface area (Å²) in [5, 5.41) is 12.2. The fourth-order valence-electron chi connectivity index (χ4n) is 4.81. The van der Waals surface area contributed by atoms with Crippen molar-refractivity contribution in [3.63, 3.8) is 0 Å². The van der Waals surface area contributed by atoms with Crippen LogP contribution in [0.1, 0.15) is 54.9 Å². The van der Waals surface area contributed by atoms with Crippen molar-refractivity contribution < 1.29 is 45.8 Å². The number of aliphatic carboxylic acids is 1. The molecule has 0 fully saturated rings. The summed E-state index contributed by atoms with van der Waals surface area (Å²) in [6.07, 6.45) is -16.3. The van der Waals surface area contributed by atoms with E-state index in [0.717, 1.165) is 5.56 Å². The monoisotopic (exact) mass is 604 g/mol. The van der Waals surface area contributed by atoms with Gasteiger partial charge in [0.25, 0.3) is 0 Å². The lowest BCUT2D eigenvalue weighted by Gasteiger charge is -2.25. The molecule has 1 aliphatic heterocycles. The summed E-state index contributed by atoms with van der Waals surface area (Å²) in [5.41, 5.74) is 2.74. The van der Waals surface area contributed by atoms with Gasteiger partial charge in [-0.2, -0.15) is 26.3 Å². The van der Waals surface area contributed by atoms with Crippen molar-refractivity contribution in [3.8, 4) is 0 Å². The summed E-state index contributed by atoms with van der Waals surface area (Å²) < 4.78 is 77.7. The van der Waals surface area contributed by atoms with E-state index in [2.05, 4.69) is 10.3 Å². The van der Waals surface area contributed by atoms with Crippen molar-refractivity contribution in [2.45, 2.75) is 64.0 Å². The number of aryl methyl sites for hydroxylation is 1. The zero-order valence-electron chi connectivity index (χ0n) is 21.8. The zero-order valence-corrected chi connectivity index (χ0v) is 22.5. The molecule has 13 heteroatoms. The van der Waals surface area contributed by atoms with Crippen LogP contribution in [0.4, 0.5) is 26.3 Å². The van der Waals surface area contributed by atoms with Crippen molar-refractivity contribution in [3.05, 3.63) is 69.7 Å². The van der Waals surface area contributed by atoms with E-state index in [0.29, 0.717) is 28.1 Å². The molecule has 41 heavy (non-hydrogen) atoms. The third-order valence-corrected chi connectivity index (χ3v) is 7.05. The molecule has 222 valence electrons. The molecule has 0 aromatic heterocycles. The number of hydrogen-bond donors (Lipinski definition) is 2. The fraction of sp³-hybridized carbons (Fsp3) is 0.429. The molecule has 2 N–H and O–H groups in total. The van der Waals surface area contributed by atoms with Gasteiger partial charge >= 0.3 is 18.3 Å². The van der Waals surface area contributed by atoms with Crippen LogP contribution in [0.2, 0.25) is 5.02 Å². The Kier molecular flexibility index (Phi) is 10.2. The van der Waals surface area contributed by atoms with Crippen LogP contribution in [-0.2, 0) is 27.2 Å². The Morgan fingerprint density at radius 1 is 1.02 bits per heavy atom. The van der Waals surface area contributed by atoms with Crippen molar-refractivity contribution in [2.24, 2.45) is 16.8 Å². The maximum absolute atomic E-state index is 13.3. The first-order valence-electron chi connectivity index (χ1n) is 12.7. The SMILES string of the molecule is CCc1cccc2c1CC(=O)C(NC(=O)[C@H](CCC(F)(F)F)[C@H](CCC(F)(F)F)C(=O)O)N=C2c1cccc(Cl)c1. The van der Waals surface area contributed by atoms with Crippen molar-refractivity contribution in [1.82, 2.24) is 5.32 Å². The Hall–Kier alpha value is -3.41. The van der Waals surface area contributed by atoms with E-state index < -0.39 is 73.7 Å². The minimum Gasteiger partial charge on any atom is -0.481 e. The number of amides is 1. The van der Waals surface area contributed by atoms with Gasteiger partial charge in [0.05, 0.1) is 17.5 Å². The van der Waals surface area contributed by atoms with Crippen LogP contribution >= 0.6 is 11.6 Å². The highest BCUT2D eigenvalue weighted by Crippen LogP contribution is 2.33. The normalized spacial score (nSPS) is 17.2. The lowest BCUT2D eigenvalue weighted by atomic mass is 9.84. The van der Waals surface area contributed by atoms with E-state index in [9.17, 15) is 45.8 Å². The number of halogens is 7. The Balaban J connectivity index is 2.04. The van der Waals surface area contributed by atoms with Crippen LogP contribution in [0.3, 0.4) is 0 Å². The Morgan fingerprint density at radius 2 is 1.63 bits per heavy atom. The number of aliphatic imine (C=N–C) groups is 1. The number of ketones is 1. The quantitative estimate of drug-likeness (QED) is 0.311. The van der Waals surface area contributed by atoms with Gasteiger partial charge < -0.3 is 10.4 Å². The molecule has 0 radical (unpaired) electrons. The average molecular weight is 605 g/mol. The van der Waals surface area contributed by atoms with E-state index in [-0.39, 0.29) is 12.1 Å². The second kappa shape index (κ2) is 13.1. The Morgan fingerprint density at radius 3 is 2.20 bits per heavy atom. The molecule has 1 heterocycles. The predicted molar refractivity (Wildman–Crippen MR) is 139 cm³/mol. The van der Waals surface area contributed by atoms with E-state index in [4.69, 9.17) is 11.6 Å². The van der Waals surface area contributed by atoms with Gasteiger partial charge in [-0.15, -0.1) is 0 Å².